The summed E-state index contributed by atoms with van der Waals surface area (Å²) in [6, 6.07) is 6.58. The minimum absolute atomic E-state index is 0.148. The second-order valence-corrected chi connectivity index (χ2v) is 7.77. The Morgan fingerprint density at radius 3 is 2.55 bits per heavy atom. The molecule has 0 saturated carbocycles. The number of unbranched alkanes of at least 4 members (excludes halogenated alkanes) is 5. The Bertz CT molecular complexity index is 499. The van der Waals surface area contributed by atoms with Crippen molar-refractivity contribution in [3.63, 3.8) is 0 Å². The van der Waals surface area contributed by atoms with Crippen molar-refractivity contribution in [1.82, 2.24) is 0 Å². The summed E-state index contributed by atoms with van der Waals surface area (Å²) in [5, 5.41) is 0. The zero-order valence-electron chi connectivity index (χ0n) is 14.7. The molecule has 0 amide bonds. The van der Waals surface area contributed by atoms with E-state index in [1.54, 1.807) is 0 Å². The van der Waals surface area contributed by atoms with Gasteiger partial charge in [-0.3, -0.25) is 4.79 Å². The van der Waals surface area contributed by atoms with Crippen LogP contribution in [-0.2, 0) is 12.8 Å². The van der Waals surface area contributed by atoms with Crippen molar-refractivity contribution in [3.05, 3.63) is 34.9 Å². The van der Waals surface area contributed by atoms with Crippen LogP contribution >= 0.6 is 0 Å². The number of carbonyl (C=O) groups is 1. The standard InChI is InChI=1S/C21H32O/c1-4-5-6-7-8-9-10-17-11-12-19-18(15-17)13-14-21(2,3)16-20(19)22/h11-12,15H,4-10,13-14,16H2,1-3H3. The van der Waals surface area contributed by atoms with Crippen LogP contribution in [0, 0.1) is 5.41 Å². The Labute approximate surface area is 136 Å². The highest BCUT2D eigenvalue weighted by atomic mass is 16.1. The summed E-state index contributed by atoms with van der Waals surface area (Å²) in [5.74, 6) is 0.337. The van der Waals surface area contributed by atoms with Crippen LogP contribution < -0.4 is 0 Å². The molecule has 22 heavy (non-hydrogen) atoms. The molecule has 1 aliphatic carbocycles. The Morgan fingerprint density at radius 1 is 1.05 bits per heavy atom. The van der Waals surface area contributed by atoms with E-state index in [4.69, 9.17) is 0 Å². The molecular weight excluding hydrogens is 268 g/mol. The predicted molar refractivity (Wildman–Crippen MR) is 94.6 cm³/mol. The van der Waals surface area contributed by atoms with E-state index >= 15 is 0 Å². The molecular formula is C21H32O. The highest BCUT2D eigenvalue weighted by molar-refractivity contribution is 5.98. The van der Waals surface area contributed by atoms with Crippen LogP contribution in [0.15, 0.2) is 18.2 Å². The lowest BCUT2D eigenvalue weighted by Crippen LogP contribution is -2.14. The van der Waals surface area contributed by atoms with Gasteiger partial charge in [-0.05, 0) is 42.2 Å². The Kier molecular flexibility index (Phi) is 6.23. The third-order valence-electron chi connectivity index (χ3n) is 5.00. The summed E-state index contributed by atoms with van der Waals surface area (Å²) < 4.78 is 0. The first-order valence-electron chi connectivity index (χ1n) is 9.17. The summed E-state index contributed by atoms with van der Waals surface area (Å²) in [4.78, 5) is 12.4. The predicted octanol–water partition coefficient (Wildman–Crippen LogP) is 6.13. The topological polar surface area (TPSA) is 17.1 Å². The zero-order chi connectivity index (χ0) is 16.0. The van der Waals surface area contributed by atoms with Crippen LogP contribution in [0.1, 0.15) is 93.6 Å². The molecule has 0 N–H and O–H groups in total. The Balaban J connectivity index is 1.91. The van der Waals surface area contributed by atoms with Gasteiger partial charge in [0.15, 0.2) is 5.78 Å². The molecule has 0 spiro atoms. The first-order chi connectivity index (χ1) is 10.5. The lowest BCUT2D eigenvalue weighted by Gasteiger charge is -2.20. The molecule has 1 aliphatic rings. The lowest BCUT2D eigenvalue weighted by molar-refractivity contribution is 0.0934. The zero-order valence-corrected chi connectivity index (χ0v) is 14.7. The van der Waals surface area contributed by atoms with E-state index in [9.17, 15) is 4.79 Å². The van der Waals surface area contributed by atoms with E-state index < -0.39 is 0 Å². The molecule has 0 aliphatic heterocycles. The highest BCUT2D eigenvalue weighted by Gasteiger charge is 2.27. The number of Topliss-reactive ketones (excluding diaryl/α,β-unsaturated/α-hetero) is 1. The summed E-state index contributed by atoms with van der Waals surface area (Å²) in [6.07, 6.45) is 12.1. The summed E-state index contributed by atoms with van der Waals surface area (Å²) in [7, 11) is 0. The molecule has 122 valence electrons. The van der Waals surface area contributed by atoms with Crippen molar-refractivity contribution in [2.75, 3.05) is 0 Å². The maximum Gasteiger partial charge on any atom is 0.163 e. The van der Waals surface area contributed by atoms with Crippen molar-refractivity contribution in [3.8, 4) is 0 Å². The van der Waals surface area contributed by atoms with Crippen LogP contribution in [0.3, 0.4) is 0 Å². The maximum atomic E-state index is 12.4. The Hall–Kier alpha value is -1.11. The van der Waals surface area contributed by atoms with Crippen LogP contribution in [0.4, 0.5) is 0 Å². The molecule has 1 aromatic carbocycles. The fourth-order valence-corrected chi connectivity index (χ4v) is 3.48. The SMILES string of the molecule is CCCCCCCCc1ccc2c(c1)CCC(C)(C)CC2=O. The number of ketones is 1. The molecule has 0 atom stereocenters. The van der Waals surface area contributed by atoms with E-state index in [0.29, 0.717) is 12.2 Å². The van der Waals surface area contributed by atoms with Gasteiger partial charge in [0.05, 0.1) is 0 Å². The summed E-state index contributed by atoms with van der Waals surface area (Å²) >= 11 is 0. The molecule has 1 heteroatoms. The number of rotatable bonds is 7. The molecule has 0 unspecified atom stereocenters. The molecule has 0 radical (unpaired) electrons. The molecule has 0 saturated heterocycles. The minimum Gasteiger partial charge on any atom is -0.294 e. The fraction of sp³-hybridized carbons (Fsp3) is 0.667. The second-order valence-electron chi connectivity index (χ2n) is 7.77. The molecule has 2 rings (SSSR count). The fourth-order valence-electron chi connectivity index (χ4n) is 3.48. The first kappa shape index (κ1) is 17.2. The van der Waals surface area contributed by atoms with Gasteiger partial charge >= 0.3 is 0 Å². The van der Waals surface area contributed by atoms with Crippen LogP contribution in [0.25, 0.3) is 0 Å². The quantitative estimate of drug-likeness (QED) is 0.437. The molecule has 0 aromatic heterocycles. The van der Waals surface area contributed by atoms with Crippen molar-refractivity contribution < 1.29 is 4.79 Å². The van der Waals surface area contributed by atoms with E-state index in [1.807, 2.05) is 0 Å². The van der Waals surface area contributed by atoms with Gasteiger partial charge in [-0.2, -0.15) is 0 Å². The summed E-state index contributed by atoms with van der Waals surface area (Å²) in [5.41, 5.74) is 3.84. The van der Waals surface area contributed by atoms with Gasteiger partial charge in [0.25, 0.3) is 0 Å². The smallest absolute Gasteiger partial charge is 0.163 e. The third-order valence-corrected chi connectivity index (χ3v) is 5.00. The van der Waals surface area contributed by atoms with E-state index in [1.165, 1.54) is 49.7 Å². The molecule has 0 bridgehead atoms. The largest absolute Gasteiger partial charge is 0.294 e. The van der Waals surface area contributed by atoms with Gasteiger partial charge in [0.1, 0.15) is 0 Å². The third kappa shape index (κ3) is 4.97. The van der Waals surface area contributed by atoms with Crippen LogP contribution in [0.2, 0.25) is 0 Å². The van der Waals surface area contributed by atoms with E-state index in [2.05, 4.69) is 39.0 Å². The number of benzene rings is 1. The highest BCUT2D eigenvalue weighted by Crippen LogP contribution is 2.34. The minimum atomic E-state index is 0.148. The van der Waals surface area contributed by atoms with Gasteiger partial charge in [0.2, 0.25) is 0 Å². The lowest BCUT2D eigenvalue weighted by atomic mass is 9.84. The van der Waals surface area contributed by atoms with Crippen molar-refractivity contribution in [2.24, 2.45) is 5.41 Å². The van der Waals surface area contributed by atoms with Gasteiger partial charge < -0.3 is 0 Å². The van der Waals surface area contributed by atoms with Crippen molar-refractivity contribution >= 4 is 5.78 Å². The normalized spacial score (nSPS) is 17.1. The van der Waals surface area contributed by atoms with Crippen LogP contribution in [0.5, 0.6) is 0 Å². The average molecular weight is 300 g/mol. The van der Waals surface area contributed by atoms with Gasteiger partial charge in [-0.1, -0.05) is 71.1 Å². The van der Waals surface area contributed by atoms with Crippen LogP contribution in [-0.4, -0.2) is 5.78 Å². The molecule has 0 heterocycles. The number of carbonyl (C=O) groups excluding carboxylic acids is 1. The number of hydrogen-bond donors (Lipinski definition) is 0. The Morgan fingerprint density at radius 2 is 1.77 bits per heavy atom. The second kappa shape index (κ2) is 7.94. The van der Waals surface area contributed by atoms with Gasteiger partial charge in [0, 0.05) is 12.0 Å². The monoisotopic (exact) mass is 300 g/mol. The van der Waals surface area contributed by atoms with E-state index in [-0.39, 0.29) is 5.41 Å². The number of aryl methyl sites for hydroxylation is 2. The number of hydrogen-bond acceptors (Lipinski definition) is 1. The average Bonchev–Trinajstić information content (AvgIpc) is 2.59. The maximum absolute atomic E-state index is 12.4. The molecule has 0 fully saturated rings. The number of fused-ring (bicyclic) bond motifs is 1. The molecule has 1 nitrogen and oxygen atoms in total. The van der Waals surface area contributed by atoms with Gasteiger partial charge in [-0.25, -0.2) is 0 Å². The van der Waals surface area contributed by atoms with Crippen molar-refractivity contribution in [1.29, 1.82) is 0 Å². The molecule has 1 aromatic rings. The summed E-state index contributed by atoms with van der Waals surface area (Å²) in [6.45, 7) is 6.69. The van der Waals surface area contributed by atoms with E-state index in [0.717, 1.165) is 24.8 Å². The first-order valence-corrected chi connectivity index (χ1v) is 9.17. The van der Waals surface area contributed by atoms with Gasteiger partial charge in [-0.15, -0.1) is 0 Å². The van der Waals surface area contributed by atoms with Crippen molar-refractivity contribution in [2.45, 2.75) is 85.0 Å².